The quantitative estimate of drug-likeness (QED) is 0.860. The van der Waals surface area contributed by atoms with Crippen molar-refractivity contribution in [3.63, 3.8) is 0 Å². The lowest BCUT2D eigenvalue weighted by molar-refractivity contribution is 0.102. The molecule has 0 radical (unpaired) electrons. The molecule has 0 unspecified atom stereocenters. The van der Waals surface area contributed by atoms with Crippen LogP contribution in [0.4, 0.5) is 5.82 Å². The second-order valence-electron chi connectivity index (χ2n) is 3.95. The molecule has 1 aromatic heterocycles. The minimum absolute atomic E-state index is 0.172. The van der Waals surface area contributed by atoms with Crippen LogP contribution in [-0.4, -0.2) is 10.9 Å². The molecule has 1 N–H and O–H groups in total. The molecule has 1 heterocycles. The summed E-state index contributed by atoms with van der Waals surface area (Å²) in [5.41, 5.74) is 2.44. The molecule has 0 aliphatic carbocycles. The highest BCUT2D eigenvalue weighted by molar-refractivity contribution is 6.17. The van der Waals surface area contributed by atoms with E-state index in [9.17, 15) is 4.79 Å². The van der Waals surface area contributed by atoms with Gasteiger partial charge in [-0.2, -0.15) is 0 Å². The summed E-state index contributed by atoms with van der Waals surface area (Å²) in [5.74, 6) is 0.831. The molecule has 0 saturated carbocycles. The zero-order chi connectivity index (χ0) is 13.0. The van der Waals surface area contributed by atoms with E-state index >= 15 is 0 Å². The molecule has 4 heteroatoms. The lowest BCUT2D eigenvalue weighted by atomic mass is 10.1. The number of carbonyl (C=O) groups excluding carboxylic acids is 1. The van der Waals surface area contributed by atoms with Gasteiger partial charge in [0.25, 0.3) is 5.91 Å². The van der Waals surface area contributed by atoms with Gasteiger partial charge in [-0.3, -0.25) is 4.79 Å². The van der Waals surface area contributed by atoms with Crippen molar-refractivity contribution >= 4 is 23.3 Å². The predicted molar refractivity (Wildman–Crippen MR) is 72.9 cm³/mol. The average molecular weight is 261 g/mol. The van der Waals surface area contributed by atoms with Gasteiger partial charge < -0.3 is 5.32 Å². The number of amides is 1. The first kappa shape index (κ1) is 12.6. The van der Waals surface area contributed by atoms with E-state index in [1.165, 1.54) is 0 Å². The van der Waals surface area contributed by atoms with E-state index < -0.39 is 0 Å². The summed E-state index contributed by atoms with van der Waals surface area (Å²) in [5, 5.41) is 2.75. The number of carbonyl (C=O) groups is 1. The van der Waals surface area contributed by atoms with Gasteiger partial charge in [-0.25, -0.2) is 4.98 Å². The van der Waals surface area contributed by atoms with Crippen molar-refractivity contribution in [2.24, 2.45) is 0 Å². The Morgan fingerprint density at radius 2 is 1.94 bits per heavy atom. The Bertz CT molecular complexity index is 552. The number of alkyl halides is 1. The van der Waals surface area contributed by atoms with Crippen LogP contribution in [0.15, 0.2) is 42.5 Å². The van der Waals surface area contributed by atoms with Gasteiger partial charge in [0.2, 0.25) is 0 Å². The first-order valence-corrected chi connectivity index (χ1v) is 6.12. The second-order valence-corrected chi connectivity index (χ2v) is 4.22. The molecule has 1 aromatic carbocycles. The van der Waals surface area contributed by atoms with E-state index in [1.807, 2.05) is 31.2 Å². The lowest BCUT2D eigenvalue weighted by Gasteiger charge is -2.05. The van der Waals surface area contributed by atoms with Crippen LogP contribution in [0.2, 0.25) is 0 Å². The number of anilines is 1. The molecule has 2 rings (SSSR count). The maximum absolute atomic E-state index is 11.9. The first-order chi connectivity index (χ1) is 8.69. The standard InChI is InChI=1S/C14H13ClN2O/c1-10-3-2-4-13(16-10)17-14(18)12-7-5-11(9-15)6-8-12/h2-8H,9H2,1H3,(H,16,17,18). The maximum atomic E-state index is 11.9. The number of aromatic nitrogens is 1. The van der Waals surface area contributed by atoms with Gasteiger partial charge in [-0.15, -0.1) is 11.6 Å². The van der Waals surface area contributed by atoms with Crippen LogP contribution in [-0.2, 0) is 5.88 Å². The Balaban J connectivity index is 2.11. The number of nitrogens with one attached hydrogen (secondary N) is 1. The number of halogens is 1. The molecular formula is C14H13ClN2O. The summed E-state index contributed by atoms with van der Waals surface area (Å²) in [7, 11) is 0. The van der Waals surface area contributed by atoms with E-state index in [0.717, 1.165) is 11.3 Å². The zero-order valence-corrected chi connectivity index (χ0v) is 10.7. The first-order valence-electron chi connectivity index (χ1n) is 5.59. The van der Waals surface area contributed by atoms with Gasteiger partial charge in [-0.05, 0) is 36.8 Å². The van der Waals surface area contributed by atoms with Gasteiger partial charge in [-0.1, -0.05) is 18.2 Å². The Hall–Kier alpha value is -1.87. The van der Waals surface area contributed by atoms with Crippen molar-refractivity contribution < 1.29 is 4.79 Å². The molecule has 2 aromatic rings. The molecule has 0 atom stereocenters. The van der Waals surface area contributed by atoms with Crippen LogP contribution in [0.1, 0.15) is 21.6 Å². The third-order valence-corrected chi connectivity index (χ3v) is 2.81. The number of nitrogens with zero attached hydrogens (tertiary/aromatic N) is 1. The molecule has 18 heavy (non-hydrogen) atoms. The van der Waals surface area contributed by atoms with Gasteiger partial charge in [0.05, 0.1) is 0 Å². The van der Waals surface area contributed by atoms with Crippen molar-refractivity contribution in [1.82, 2.24) is 4.98 Å². The van der Waals surface area contributed by atoms with Gasteiger partial charge >= 0.3 is 0 Å². The average Bonchev–Trinajstić information content (AvgIpc) is 2.39. The van der Waals surface area contributed by atoms with E-state index in [-0.39, 0.29) is 5.91 Å². The molecule has 0 spiro atoms. The molecule has 0 aliphatic rings. The van der Waals surface area contributed by atoms with E-state index in [4.69, 9.17) is 11.6 Å². The maximum Gasteiger partial charge on any atom is 0.256 e. The predicted octanol–water partition coefficient (Wildman–Crippen LogP) is 3.38. The molecule has 1 amide bonds. The summed E-state index contributed by atoms with van der Waals surface area (Å²) in [6, 6.07) is 12.7. The number of pyridine rings is 1. The van der Waals surface area contributed by atoms with Crippen LogP contribution in [0, 0.1) is 6.92 Å². The van der Waals surface area contributed by atoms with Gasteiger partial charge in [0.1, 0.15) is 5.82 Å². The van der Waals surface area contributed by atoms with Gasteiger partial charge in [0.15, 0.2) is 0 Å². The second kappa shape index (κ2) is 5.65. The highest BCUT2D eigenvalue weighted by atomic mass is 35.5. The minimum atomic E-state index is -0.172. The van der Waals surface area contributed by atoms with Crippen LogP contribution in [0.5, 0.6) is 0 Å². The summed E-state index contributed by atoms with van der Waals surface area (Å²) in [6.45, 7) is 1.88. The third-order valence-electron chi connectivity index (χ3n) is 2.50. The monoisotopic (exact) mass is 260 g/mol. The molecule has 92 valence electrons. The van der Waals surface area contributed by atoms with Crippen molar-refractivity contribution in [1.29, 1.82) is 0 Å². The van der Waals surface area contributed by atoms with Crippen LogP contribution >= 0.6 is 11.6 Å². The largest absolute Gasteiger partial charge is 0.307 e. The Labute approximate surface area is 111 Å². The SMILES string of the molecule is Cc1cccc(NC(=O)c2ccc(CCl)cc2)n1. The summed E-state index contributed by atoms with van der Waals surface area (Å²) in [6.07, 6.45) is 0. The Kier molecular flexibility index (Phi) is 3.95. The topological polar surface area (TPSA) is 42.0 Å². The summed E-state index contributed by atoms with van der Waals surface area (Å²) in [4.78, 5) is 16.2. The van der Waals surface area contributed by atoms with E-state index in [2.05, 4.69) is 10.3 Å². The molecule has 3 nitrogen and oxygen atoms in total. The smallest absolute Gasteiger partial charge is 0.256 e. The van der Waals surface area contributed by atoms with Crippen molar-refractivity contribution in [2.45, 2.75) is 12.8 Å². The molecule has 0 bridgehead atoms. The van der Waals surface area contributed by atoms with Crippen molar-refractivity contribution in [3.8, 4) is 0 Å². The van der Waals surface area contributed by atoms with Crippen molar-refractivity contribution in [2.75, 3.05) is 5.32 Å². The highest BCUT2D eigenvalue weighted by Crippen LogP contribution is 2.10. The van der Waals surface area contributed by atoms with E-state index in [1.54, 1.807) is 18.2 Å². The fraction of sp³-hybridized carbons (Fsp3) is 0.143. The zero-order valence-electron chi connectivity index (χ0n) is 9.98. The van der Waals surface area contributed by atoms with Crippen molar-refractivity contribution in [3.05, 3.63) is 59.3 Å². The lowest BCUT2D eigenvalue weighted by Crippen LogP contribution is -2.13. The fourth-order valence-electron chi connectivity index (χ4n) is 1.55. The van der Waals surface area contributed by atoms with Crippen LogP contribution in [0.3, 0.4) is 0 Å². The number of hydrogen-bond donors (Lipinski definition) is 1. The molecular weight excluding hydrogens is 248 g/mol. The number of benzene rings is 1. The molecule has 0 fully saturated rings. The highest BCUT2D eigenvalue weighted by Gasteiger charge is 2.06. The number of aryl methyl sites for hydroxylation is 1. The number of rotatable bonds is 3. The molecule has 0 aliphatic heterocycles. The Morgan fingerprint density at radius 3 is 2.56 bits per heavy atom. The van der Waals surface area contributed by atoms with Crippen LogP contribution < -0.4 is 5.32 Å². The summed E-state index contributed by atoms with van der Waals surface area (Å²) < 4.78 is 0. The summed E-state index contributed by atoms with van der Waals surface area (Å²) >= 11 is 5.70. The van der Waals surface area contributed by atoms with Crippen LogP contribution in [0.25, 0.3) is 0 Å². The normalized spacial score (nSPS) is 10.1. The minimum Gasteiger partial charge on any atom is -0.307 e. The Morgan fingerprint density at radius 1 is 1.22 bits per heavy atom. The van der Waals surface area contributed by atoms with Gasteiger partial charge in [0, 0.05) is 17.1 Å². The third kappa shape index (κ3) is 3.08. The van der Waals surface area contributed by atoms with E-state index in [0.29, 0.717) is 17.3 Å². The fourth-order valence-corrected chi connectivity index (χ4v) is 1.72. The molecule has 0 saturated heterocycles. The number of hydrogen-bond acceptors (Lipinski definition) is 2.